The first kappa shape index (κ1) is 16.2. The van der Waals surface area contributed by atoms with Gasteiger partial charge in [0.2, 0.25) is 0 Å². The molecule has 0 aliphatic heterocycles. The fraction of sp³-hybridized carbons (Fsp3) is 0.909. The van der Waals surface area contributed by atoms with Crippen LogP contribution in [0.1, 0.15) is 85.5 Å². The fourth-order valence-corrected chi connectivity index (χ4v) is 7.59. The van der Waals surface area contributed by atoms with Crippen molar-refractivity contribution in [1.29, 1.82) is 0 Å². The van der Waals surface area contributed by atoms with E-state index in [0.717, 1.165) is 23.7 Å². The SMILES string of the molecule is CC(C)=C1C[C@@H]2[C@H]3CC[C@H]4CCCC[C@]4(C)[C@@H]3CC[C@]2(C)[C@@H]1O. The van der Waals surface area contributed by atoms with E-state index >= 15 is 0 Å². The second-order valence-electron chi connectivity index (χ2n) is 10.1. The molecule has 0 aromatic rings. The summed E-state index contributed by atoms with van der Waals surface area (Å²) in [6.07, 6.45) is 12.4. The van der Waals surface area contributed by atoms with Gasteiger partial charge in [0.1, 0.15) is 0 Å². The molecule has 0 spiro atoms. The number of fused-ring (bicyclic) bond motifs is 5. The van der Waals surface area contributed by atoms with Crippen molar-refractivity contribution in [2.45, 2.75) is 91.6 Å². The van der Waals surface area contributed by atoms with Crippen LogP contribution in [0.5, 0.6) is 0 Å². The van der Waals surface area contributed by atoms with E-state index in [1.807, 2.05) is 0 Å². The molecule has 1 N–H and O–H groups in total. The Labute approximate surface area is 142 Å². The van der Waals surface area contributed by atoms with E-state index in [4.69, 9.17) is 0 Å². The number of hydrogen-bond donors (Lipinski definition) is 1. The molecule has 4 aliphatic rings. The predicted octanol–water partition coefficient (Wildman–Crippen LogP) is 5.73. The Morgan fingerprint density at radius 2 is 1.70 bits per heavy atom. The van der Waals surface area contributed by atoms with Gasteiger partial charge in [-0.25, -0.2) is 0 Å². The second-order valence-corrected chi connectivity index (χ2v) is 10.1. The van der Waals surface area contributed by atoms with E-state index in [1.165, 1.54) is 68.9 Å². The lowest BCUT2D eigenvalue weighted by atomic mass is 9.45. The zero-order chi connectivity index (χ0) is 16.4. The standard InChI is InChI=1S/C22H36O/c1-14(2)17-13-19-16-9-8-15-7-5-6-11-21(15,3)18(16)10-12-22(19,4)20(17)23/h15-16,18-20,23H,5-13H2,1-4H3/t15-,16+,18-,19-,20-,21+,22+/m1/s1. The summed E-state index contributed by atoms with van der Waals surface area (Å²) >= 11 is 0. The third-order valence-electron chi connectivity index (χ3n) is 9.06. The van der Waals surface area contributed by atoms with Crippen LogP contribution in [0.2, 0.25) is 0 Å². The maximum absolute atomic E-state index is 11.0. The van der Waals surface area contributed by atoms with E-state index in [9.17, 15) is 5.11 Å². The largest absolute Gasteiger partial charge is 0.388 e. The molecule has 4 saturated carbocycles. The van der Waals surface area contributed by atoms with Gasteiger partial charge in [-0.3, -0.25) is 0 Å². The van der Waals surface area contributed by atoms with Gasteiger partial charge in [0.05, 0.1) is 6.10 Å². The van der Waals surface area contributed by atoms with Crippen molar-refractivity contribution in [3.63, 3.8) is 0 Å². The van der Waals surface area contributed by atoms with Crippen LogP contribution in [0.15, 0.2) is 11.1 Å². The van der Waals surface area contributed by atoms with Gasteiger partial charge < -0.3 is 5.11 Å². The lowest BCUT2D eigenvalue weighted by Crippen LogP contribution is -2.53. The summed E-state index contributed by atoms with van der Waals surface area (Å²) in [7, 11) is 0. The molecule has 4 rings (SSSR count). The van der Waals surface area contributed by atoms with Gasteiger partial charge in [0.25, 0.3) is 0 Å². The second kappa shape index (κ2) is 5.35. The quantitative estimate of drug-likeness (QED) is 0.566. The van der Waals surface area contributed by atoms with E-state index in [-0.39, 0.29) is 11.5 Å². The van der Waals surface area contributed by atoms with Crippen molar-refractivity contribution in [2.75, 3.05) is 0 Å². The average Bonchev–Trinajstić information content (AvgIpc) is 2.79. The van der Waals surface area contributed by atoms with Crippen LogP contribution in [-0.2, 0) is 0 Å². The number of allylic oxidation sites excluding steroid dienone is 1. The molecule has 0 bridgehead atoms. The van der Waals surface area contributed by atoms with Crippen LogP contribution in [-0.4, -0.2) is 11.2 Å². The number of hydrogen-bond acceptors (Lipinski definition) is 1. The summed E-state index contributed by atoms with van der Waals surface area (Å²) in [4.78, 5) is 0. The molecule has 1 heteroatoms. The van der Waals surface area contributed by atoms with E-state index < -0.39 is 0 Å². The van der Waals surface area contributed by atoms with Crippen molar-refractivity contribution in [1.82, 2.24) is 0 Å². The van der Waals surface area contributed by atoms with Crippen LogP contribution in [0, 0.1) is 34.5 Å². The molecule has 1 nitrogen and oxygen atoms in total. The molecule has 0 saturated heterocycles. The van der Waals surface area contributed by atoms with Crippen LogP contribution in [0.25, 0.3) is 0 Å². The molecular formula is C22H36O. The van der Waals surface area contributed by atoms with Crippen molar-refractivity contribution in [3.05, 3.63) is 11.1 Å². The van der Waals surface area contributed by atoms with Crippen LogP contribution < -0.4 is 0 Å². The summed E-state index contributed by atoms with van der Waals surface area (Å²) in [5.74, 6) is 3.54. The first-order valence-corrected chi connectivity index (χ1v) is 10.2. The molecule has 0 heterocycles. The van der Waals surface area contributed by atoms with Crippen molar-refractivity contribution in [3.8, 4) is 0 Å². The fourth-order valence-electron chi connectivity index (χ4n) is 7.59. The van der Waals surface area contributed by atoms with Gasteiger partial charge in [-0.15, -0.1) is 0 Å². The summed E-state index contributed by atoms with van der Waals surface area (Å²) in [5.41, 5.74) is 3.53. The Kier molecular flexibility index (Phi) is 3.76. The number of aliphatic hydroxyl groups is 1. The average molecular weight is 317 g/mol. The van der Waals surface area contributed by atoms with Crippen LogP contribution >= 0.6 is 0 Å². The highest BCUT2D eigenvalue weighted by atomic mass is 16.3. The molecule has 4 aliphatic carbocycles. The highest BCUT2D eigenvalue weighted by molar-refractivity contribution is 5.27. The van der Waals surface area contributed by atoms with Crippen molar-refractivity contribution >= 4 is 0 Å². The molecule has 0 aromatic carbocycles. The number of aliphatic hydroxyl groups excluding tert-OH is 1. The molecule has 0 amide bonds. The van der Waals surface area contributed by atoms with Gasteiger partial charge in [0.15, 0.2) is 0 Å². The summed E-state index contributed by atoms with van der Waals surface area (Å²) in [6, 6.07) is 0. The van der Waals surface area contributed by atoms with Gasteiger partial charge in [-0.2, -0.15) is 0 Å². The predicted molar refractivity (Wildman–Crippen MR) is 96.1 cm³/mol. The molecule has 0 radical (unpaired) electrons. The van der Waals surface area contributed by atoms with E-state index in [0.29, 0.717) is 5.41 Å². The minimum atomic E-state index is -0.171. The molecule has 0 unspecified atom stereocenters. The molecule has 0 aromatic heterocycles. The summed E-state index contributed by atoms with van der Waals surface area (Å²) < 4.78 is 0. The highest BCUT2D eigenvalue weighted by Gasteiger charge is 2.60. The lowest BCUT2D eigenvalue weighted by Gasteiger charge is -2.60. The lowest BCUT2D eigenvalue weighted by molar-refractivity contribution is -0.119. The normalized spacial score (nSPS) is 52.6. The summed E-state index contributed by atoms with van der Waals surface area (Å²) in [5, 5.41) is 11.0. The molecule has 23 heavy (non-hydrogen) atoms. The Morgan fingerprint density at radius 1 is 0.913 bits per heavy atom. The first-order chi connectivity index (χ1) is 10.9. The van der Waals surface area contributed by atoms with E-state index in [2.05, 4.69) is 27.7 Å². The van der Waals surface area contributed by atoms with Crippen molar-refractivity contribution in [2.24, 2.45) is 34.5 Å². The molecule has 7 atom stereocenters. The first-order valence-electron chi connectivity index (χ1n) is 10.2. The zero-order valence-corrected chi connectivity index (χ0v) is 15.7. The minimum absolute atomic E-state index is 0.158. The Bertz CT molecular complexity index is 516. The summed E-state index contributed by atoms with van der Waals surface area (Å²) in [6.45, 7) is 9.46. The minimum Gasteiger partial charge on any atom is -0.388 e. The molecular weight excluding hydrogens is 280 g/mol. The van der Waals surface area contributed by atoms with Crippen LogP contribution in [0.4, 0.5) is 0 Å². The maximum atomic E-state index is 11.0. The number of rotatable bonds is 0. The van der Waals surface area contributed by atoms with E-state index in [1.54, 1.807) is 0 Å². The third-order valence-corrected chi connectivity index (χ3v) is 9.06. The third kappa shape index (κ3) is 2.14. The van der Waals surface area contributed by atoms with Crippen LogP contribution in [0.3, 0.4) is 0 Å². The van der Waals surface area contributed by atoms with Crippen molar-refractivity contribution < 1.29 is 5.11 Å². The van der Waals surface area contributed by atoms with Gasteiger partial charge in [-0.05, 0) is 93.5 Å². The highest BCUT2D eigenvalue weighted by Crippen LogP contribution is 2.67. The zero-order valence-electron chi connectivity index (χ0n) is 15.7. The monoisotopic (exact) mass is 316 g/mol. The molecule has 130 valence electrons. The molecule has 4 fully saturated rings. The Balaban J connectivity index is 1.68. The topological polar surface area (TPSA) is 20.2 Å². The maximum Gasteiger partial charge on any atom is 0.0809 e. The Hall–Kier alpha value is -0.300. The van der Waals surface area contributed by atoms with Gasteiger partial charge >= 0.3 is 0 Å². The Morgan fingerprint density at radius 3 is 2.43 bits per heavy atom. The smallest absolute Gasteiger partial charge is 0.0809 e. The van der Waals surface area contributed by atoms with Gasteiger partial charge in [0, 0.05) is 5.41 Å². The van der Waals surface area contributed by atoms with Gasteiger partial charge in [-0.1, -0.05) is 32.3 Å².